The summed E-state index contributed by atoms with van der Waals surface area (Å²) in [7, 11) is 0. The molecule has 6 heteroatoms. The largest absolute Gasteiger partial charge is 0.373 e. The molecule has 0 bridgehead atoms. The van der Waals surface area contributed by atoms with Crippen LogP contribution in [0.25, 0.3) is 0 Å². The number of carbonyl (C=O) groups is 1. The van der Waals surface area contributed by atoms with Gasteiger partial charge in [-0.1, -0.05) is 0 Å². The number of carbonyl (C=O) groups excluding carboxylic acids is 1. The van der Waals surface area contributed by atoms with Crippen molar-refractivity contribution in [3.8, 4) is 0 Å². The SMILES string of the molecule is CC1CN(C(C)C(=O)Nc2ccc(F)c(F)c2)CC(C)O1. The molecule has 3 atom stereocenters. The summed E-state index contributed by atoms with van der Waals surface area (Å²) in [6.07, 6.45) is 0.125. The molecule has 0 aromatic heterocycles. The van der Waals surface area contributed by atoms with Gasteiger partial charge in [0.1, 0.15) is 0 Å². The molecule has 1 aromatic rings. The highest BCUT2D eigenvalue weighted by Crippen LogP contribution is 2.17. The van der Waals surface area contributed by atoms with E-state index < -0.39 is 11.6 Å². The van der Waals surface area contributed by atoms with E-state index in [0.29, 0.717) is 13.1 Å². The molecular weight excluding hydrogens is 278 g/mol. The van der Waals surface area contributed by atoms with Gasteiger partial charge in [-0.3, -0.25) is 9.69 Å². The normalized spacial score (nSPS) is 24.6. The van der Waals surface area contributed by atoms with Gasteiger partial charge in [0.2, 0.25) is 5.91 Å². The fraction of sp³-hybridized carbons (Fsp3) is 0.533. The van der Waals surface area contributed by atoms with E-state index >= 15 is 0 Å². The van der Waals surface area contributed by atoms with Crippen LogP contribution in [0.5, 0.6) is 0 Å². The molecule has 4 nitrogen and oxygen atoms in total. The lowest BCUT2D eigenvalue weighted by Crippen LogP contribution is -2.52. The minimum Gasteiger partial charge on any atom is -0.373 e. The minimum atomic E-state index is -0.978. The van der Waals surface area contributed by atoms with E-state index in [1.807, 2.05) is 18.7 Å². The number of morpholine rings is 1. The number of ether oxygens (including phenoxy) is 1. The maximum Gasteiger partial charge on any atom is 0.241 e. The maximum atomic E-state index is 13.1. The molecule has 0 radical (unpaired) electrons. The molecule has 1 amide bonds. The van der Waals surface area contributed by atoms with Crippen LogP contribution < -0.4 is 5.32 Å². The monoisotopic (exact) mass is 298 g/mol. The third-order valence-corrected chi connectivity index (χ3v) is 3.56. The summed E-state index contributed by atoms with van der Waals surface area (Å²) in [6.45, 7) is 7.04. The lowest BCUT2D eigenvalue weighted by atomic mass is 10.1. The molecule has 1 aromatic carbocycles. The molecule has 1 fully saturated rings. The van der Waals surface area contributed by atoms with Crippen LogP contribution in [0, 0.1) is 11.6 Å². The molecule has 1 heterocycles. The summed E-state index contributed by atoms with van der Waals surface area (Å²) in [5.74, 6) is -2.16. The van der Waals surface area contributed by atoms with Gasteiger partial charge in [-0.05, 0) is 32.9 Å². The highest BCUT2D eigenvalue weighted by molar-refractivity contribution is 5.94. The molecule has 0 spiro atoms. The van der Waals surface area contributed by atoms with E-state index in [0.717, 1.165) is 12.1 Å². The Hall–Kier alpha value is -1.53. The van der Waals surface area contributed by atoms with Crippen molar-refractivity contribution in [2.24, 2.45) is 0 Å². The quantitative estimate of drug-likeness (QED) is 0.931. The summed E-state index contributed by atoms with van der Waals surface area (Å²) in [5, 5.41) is 2.61. The number of benzene rings is 1. The topological polar surface area (TPSA) is 41.6 Å². The Morgan fingerprint density at radius 3 is 2.48 bits per heavy atom. The van der Waals surface area contributed by atoms with Crippen LogP contribution in [-0.4, -0.2) is 42.1 Å². The molecular formula is C15H20F2N2O2. The summed E-state index contributed by atoms with van der Waals surface area (Å²) >= 11 is 0. The average Bonchev–Trinajstić information content (AvgIpc) is 2.41. The van der Waals surface area contributed by atoms with Crippen molar-refractivity contribution in [3.05, 3.63) is 29.8 Å². The first-order valence-corrected chi connectivity index (χ1v) is 7.02. The number of hydrogen-bond acceptors (Lipinski definition) is 3. The van der Waals surface area contributed by atoms with Crippen LogP contribution in [0.3, 0.4) is 0 Å². The number of amides is 1. The number of rotatable bonds is 3. The van der Waals surface area contributed by atoms with Crippen molar-refractivity contribution in [2.45, 2.75) is 39.0 Å². The number of nitrogens with one attached hydrogen (secondary N) is 1. The summed E-state index contributed by atoms with van der Waals surface area (Å²) in [5.41, 5.74) is 0.250. The summed E-state index contributed by atoms with van der Waals surface area (Å²) in [4.78, 5) is 14.2. The fourth-order valence-electron chi connectivity index (χ4n) is 2.52. The van der Waals surface area contributed by atoms with Gasteiger partial charge in [-0.2, -0.15) is 0 Å². The molecule has 3 unspecified atom stereocenters. The van der Waals surface area contributed by atoms with E-state index in [-0.39, 0.29) is 29.8 Å². The lowest BCUT2D eigenvalue weighted by molar-refractivity contribution is -0.126. The van der Waals surface area contributed by atoms with Crippen molar-refractivity contribution >= 4 is 11.6 Å². The molecule has 0 aliphatic carbocycles. The average molecular weight is 298 g/mol. The standard InChI is InChI=1S/C15H20F2N2O2/c1-9-7-19(8-10(2)21-9)11(3)15(20)18-12-4-5-13(16)14(17)6-12/h4-6,9-11H,7-8H2,1-3H3,(H,18,20). The molecule has 1 N–H and O–H groups in total. The number of anilines is 1. The zero-order chi connectivity index (χ0) is 15.6. The molecule has 2 rings (SSSR count). The first-order chi connectivity index (χ1) is 9.86. The Bertz CT molecular complexity index is 514. The van der Waals surface area contributed by atoms with Crippen molar-refractivity contribution in [1.29, 1.82) is 0 Å². The van der Waals surface area contributed by atoms with E-state index in [4.69, 9.17) is 4.74 Å². The Morgan fingerprint density at radius 2 is 1.90 bits per heavy atom. The Labute approximate surface area is 123 Å². The second kappa shape index (κ2) is 6.49. The van der Waals surface area contributed by atoms with Gasteiger partial charge in [-0.25, -0.2) is 8.78 Å². The van der Waals surface area contributed by atoms with Gasteiger partial charge < -0.3 is 10.1 Å². The second-order valence-corrected chi connectivity index (χ2v) is 5.51. The van der Waals surface area contributed by atoms with Gasteiger partial charge >= 0.3 is 0 Å². The molecule has 21 heavy (non-hydrogen) atoms. The molecule has 1 aliphatic rings. The molecule has 1 aliphatic heterocycles. The van der Waals surface area contributed by atoms with E-state index in [2.05, 4.69) is 5.32 Å². The van der Waals surface area contributed by atoms with Crippen LogP contribution in [-0.2, 0) is 9.53 Å². The highest BCUT2D eigenvalue weighted by Gasteiger charge is 2.29. The second-order valence-electron chi connectivity index (χ2n) is 5.51. The van der Waals surface area contributed by atoms with Crippen LogP contribution in [0.15, 0.2) is 18.2 Å². The van der Waals surface area contributed by atoms with Gasteiger partial charge in [0.25, 0.3) is 0 Å². The van der Waals surface area contributed by atoms with Gasteiger partial charge in [0, 0.05) is 24.8 Å². The van der Waals surface area contributed by atoms with Crippen LogP contribution in [0.4, 0.5) is 14.5 Å². The van der Waals surface area contributed by atoms with Crippen molar-refractivity contribution in [1.82, 2.24) is 4.90 Å². The van der Waals surface area contributed by atoms with Crippen LogP contribution in [0.2, 0.25) is 0 Å². The smallest absolute Gasteiger partial charge is 0.241 e. The van der Waals surface area contributed by atoms with Gasteiger partial charge in [0.15, 0.2) is 11.6 Å². The first-order valence-electron chi connectivity index (χ1n) is 7.02. The zero-order valence-corrected chi connectivity index (χ0v) is 12.4. The van der Waals surface area contributed by atoms with Crippen LogP contribution in [0.1, 0.15) is 20.8 Å². The molecule has 0 saturated carbocycles. The molecule has 116 valence electrons. The predicted molar refractivity (Wildman–Crippen MR) is 76.0 cm³/mol. The third kappa shape index (κ3) is 3.98. The van der Waals surface area contributed by atoms with E-state index in [1.54, 1.807) is 6.92 Å². The predicted octanol–water partition coefficient (Wildman–Crippen LogP) is 2.40. The highest BCUT2D eigenvalue weighted by atomic mass is 19.2. The Morgan fingerprint density at radius 1 is 1.29 bits per heavy atom. The van der Waals surface area contributed by atoms with Gasteiger partial charge in [-0.15, -0.1) is 0 Å². The Kier molecular flexibility index (Phi) is 4.90. The van der Waals surface area contributed by atoms with Gasteiger partial charge in [0.05, 0.1) is 18.2 Å². The summed E-state index contributed by atoms with van der Waals surface area (Å²) < 4.78 is 31.6. The number of hydrogen-bond donors (Lipinski definition) is 1. The summed E-state index contributed by atoms with van der Waals surface area (Å²) in [6, 6.07) is 2.94. The van der Waals surface area contributed by atoms with Crippen molar-refractivity contribution < 1.29 is 18.3 Å². The van der Waals surface area contributed by atoms with Crippen molar-refractivity contribution in [2.75, 3.05) is 18.4 Å². The minimum absolute atomic E-state index is 0.0623. The molecule has 1 saturated heterocycles. The van der Waals surface area contributed by atoms with Crippen molar-refractivity contribution in [3.63, 3.8) is 0 Å². The number of nitrogens with zero attached hydrogens (tertiary/aromatic N) is 1. The van der Waals surface area contributed by atoms with E-state index in [1.165, 1.54) is 6.07 Å². The number of halogens is 2. The van der Waals surface area contributed by atoms with Crippen LogP contribution >= 0.6 is 0 Å². The Balaban J connectivity index is 2.00. The third-order valence-electron chi connectivity index (χ3n) is 3.56. The fourth-order valence-corrected chi connectivity index (χ4v) is 2.52. The zero-order valence-electron chi connectivity index (χ0n) is 12.4. The lowest BCUT2D eigenvalue weighted by Gasteiger charge is -2.38. The maximum absolute atomic E-state index is 13.1. The first kappa shape index (κ1) is 15.9. The van der Waals surface area contributed by atoms with E-state index in [9.17, 15) is 13.6 Å².